The van der Waals surface area contributed by atoms with Gasteiger partial charge in [-0.3, -0.25) is 4.79 Å². The summed E-state index contributed by atoms with van der Waals surface area (Å²) in [6, 6.07) is 18.1. The maximum absolute atomic E-state index is 12.3. The maximum Gasteiger partial charge on any atom is 0.253 e. The molecule has 4 heteroatoms. The minimum Gasteiger partial charge on any atom is -0.336 e. The van der Waals surface area contributed by atoms with E-state index >= 15 is 0 Å². The van der Waals surface area contributed by atoms with Gasteiger partial charge < -0.3 is 10.2 Å². The summed E-state index contributed by atoms with van der Waals surface area (Å²) in [6.45, 7) is 3.35. The number of piperazine rings is 1. The van der Waals surface area contributed by atoms with E-state index in [0.29, 0.717) is 0 Å². The molecule has 0 aliphatic carbocycles. The number of nitrogens with one attached hydrogen (secondary N) is 1. The SMILES string of the molecule is Cl.O=C(c1ccc(-c2ccccc2)cc1)N1CCNCC1. The van der Waals surface area contributed by atoms with Crippen molar-refractivity contribution in [3.05, 3.63) is 60.2 Å². The Kier molecular flexibility index (Phi) is 5.37. The maximum atomic E-state index is 12.3. The molecule has 0 atom stereocenters. The summed E-state index contributed by atoms with van der Waals surface area (Å²) in [5.74, 6) is 0.131. The van der Waals surface area contributed by atoms with Crippen molar-refractivity contribution in [1.82, 2.24) is 10.2 Å². The fourth-order valence-corrected chi connectivity index (χ4v) is 2.49. The van der Waals surface area contributed by atoms with Gasteiger partial charge in [-0.2, -0.15) is 0 Å². The second-order valence-corrected chi connectivity index (χ2v) is 4.99. The third-order valence-electron chi connectivity index (χ3n) is 3.64. The van der Waals surface area contributed by atoms with Crippen molar-refractivity contribution in [3.63, 3.8) is 0 Å². The number of nitrogens with zero attached hydrogens (tertiary/aromatic N) is 1. The van der Waals surface area contributed by atoms with Crippen LogP contribution < -0.4 is 5.32 Å². The molecule has 3 nitrogen and oxygen atoms in total. The second kappa shape index (κ2) is 7.25. The normalized spacial score (nSPS) is 14.4. The van der Waals surface area contributed by atoms with Crippen LogP contribution in [0.25, 0.3) is 11.1 Å². The van der Waals surface area contributed by atoms with Crippen molar-refractivity contribution in [3.8, 4) is 11.1 Å². The first-order valence-electron chi connectivity index (χ1n) is 7.00. The van der Waals surface area contributed by atoms with Gasteiger partial charge in [-0.05, 0) is 23.3 Å². The summed E-state index contributed by atoms with van der Waals surface area (Å²) >= 11 is 0. The molecule has 2 aromatic carbocycles. The monoisotopic (exact) mass is 302 g/mol. The topological polar surface area (TPSA) is 32.3 Å². The Labute approximate surface area is 131 Å². The molecule has 0 unspecified atom stereocenters. The third-order valence-corrected chi connectivity index (χ3v) is 3.64. The molecule has 1 amide bonds. The Morgan fingerprint density at radius 1 is 0.857 bits per heavy atom. The molecular weight excluding hydrogens is 284 g/mol. The summed E-state index contributed by atoms with van der Waals surface area (Å²) in [5.41, 5.74) is 3.09. The zero-order valence-electron chi connectivity index (χ0n) is 11.8. The lowest BCUT2D eigenvalue weighted by atomic mass is 10.0. The summed E-state index contributed by atoms with van der Waals surface area (Å²) < 4.78 is 0. The average molecular weight is 303 g/mol. The Hall–Kier alpha value is -1.84. The molecule has 0 bridgehead atoms. The molecule has 1 heterocycles. The summed E-state index contributed by atoms with van der Waals surface area (Å²) in [5, 5.41) is 3.26. The van der Waals surface area contributed by atoms with E-state index in [2.05, 4.69) is 17.4 Å². The zero-order chi connectivity index (χ0) is 13.8. The van der Waals surface area contributed by atoms with Crippen molar-refractivity contribution >= 4 is 18.3 Å². The van der Waals surface area contributed by atoms with Crippen LogP contribution in [0.3, 0.4) is 0 Å². The number of rotatable bonds is 2. The molecule has 1 N–H and O–H groups in total. The van der Waals surface area contributed by atoms with Crippen LogP contribution in [0.2, 0.25) is 0 Å². The molecule has 1 saturated heterocycles. The van der Waals surface area contributed by atoms with E-state index < -0.39 is 0 Å². The van der Waals surface area contributed by atoms with E-state index in [0.717, 1.165) is 37.3 Å². The molecule has 3 rings (SSSR count). The number of carbonyl (C=O) groups excluding carboxylic acids is 1. The van der Waals surface area contributed by atoms with E-state index in [-0.39, 0.29) is 18.3 Å². The van der Waals surface area contributed by atoms with E-state index in [4.69, 9.17) is 0 Å². The van der Waals surface area contributed by atoms with E-state index in [1.54, 1.807) is 0 Å². The molecule has 110 valence electrons. The van der Waals surface area contributed by atoms with E-state index in [9.17, 15) is 4.79 Å². The third kappa shape index (κ3) is 3.63. The molecule has 21 heavy (non-hydrogen) atoms. The van der Waals surface area contributed by atoms with Crippen molar-refractivity contribution in [2.24, 2.45) is 0 Å². The van der Waals surface area contributed by atoms with Gasteiger partial charge in [0.05, 0.1) is 0 Å². The molecule has 0 spiro atoms. The van der Waals surface area contributed by atoms with Crippen molar-refractivity contribution in [2.45, 2.75) is 0 Å². The fraction of sp³-hybridized carbons (Fsp3) is 0.235. The number of halogens is 1. The van der Waals surface area contributed by atoms with Gasteiger partial charge in [-0.15, -0.1) is 12.4 Å². The fourth-order valence-electron chi connectivity index (χ4n) is 2.49. The number of hydrogen-bond donors (Lipinski definition) is 1. The van der Waals surface area contributed by atoms with Crippen LogP contribution in [0, 0.1) is 0 Å². The molecule has 0 radical (unpaired) electrons. The van der Waals surface area contributed by atoms with Crippen LogP contribution in [0.1, 0.15) is 10.4 Å². The molecule has 0 aromatic heterocycles. The lowest BCUT2D eigenvalue weighted by Crippen LogP contribution is -2.46. The van der Waals surface area contributed by atoms with Gasteiger partial charge in [0.1, 0.15) is 0 Å². The largest absolute Gasteiger partial charge is 0.336 e. The number of carbonyl (C=O) groups is 1. The lowest BCUT2D eigenvalue weighted by Gasteiger charge is -2.27. The van der Waals surface area contributed by atoms with Gasteiger partial charge in [-0.1, -0.05) is 42.5 Å². The lowest BCUT2D eigenvalue weighted by molar-refractivity contribution is 0.0736. The second-order valence-electron chi connectivity index (χ2n) is 4.99. The highest BCUT2D eigenvalue weighted by atomic mass is 35.5. The van der Waals surface area contributed by atoms with Crippen LogP contribution in [0.4, 0.5) is 0 Å². The van der Waals surface area contributed by atoms with Crippen LogP contribution in [0.15, 0.2) is 54.6 Å². The molecule has 0 saturated carbocycles. The van der Waals surface area contributed by atoms with Gasteiger partial charge in [0, 0.05) is 31.7 Å². The number of benzene rings is 2. The van der Waals surface area contributed by atoms with Gasteiger partial charge in [-0.25, -0.2) is 0 Å². The standard InChI is InChI=1S/C17H18N2O.ClH/c20-17(19-12-10-18-11-13-19)16-8-6-15(7-9-16)14-4-2-1-3-5-14;/h1-9,18H,10-13H2;1H. The molecular formula is C17H19ClN2O. The number of hydrogen-bond acceptors (Lipinski definition) is 2. The first-order valence-corrected chi connectivity index (χ1v) is 7.00. The highest BCUT2D eigenvalue weighted by Gasteiger charge is 2.17. The average Bonchev–Trinajstić information content (AvgIpc) is 2.56. The number of amides is 1. The highest BCUT2D eigenvalue weighted by Crippen LogP contribution is 2.19. The van der Waals surface area contributed by atoms with Crippen molar-refractivity contribution < 1.29 is 4.79 Å². The predicted octanol–water partition coefficient (Wildman–Crippen LogP) is 2.82. The van der Waals surface area contributed by atoms with Gasteiger partial charge in [0.2, 0.25) is 0 Å². The van der Waals surface area contributed by atoms with Crippen LogP contribution in [-0.4, -0.2) is 37.0 Å². The van der Waals surface area contributed by atoms with Gasteiger partial charge in [0.15, 0.2) is 0 Å². The van der Waals surface area contributed by atoms with Crippen molar-refractivity contribution in [2.75, 3.05) is 26.2 Å². The quantitative estimate of drug-likeness (QED) is 0.925. The molecule has 1 aliphatic heterocycles. The molecule has 1 fully saturated rings. The van der Waals surface area contributed by atoms with E-state index in [1.807, 2.05) is 47.4 Å². The van der Waals surface area contributed by atoms with Crippen molar-refractivity contribution in [1.29, 1.82) is 0 Å². The molecule has 1 aliphatic rings. The Bertz CT molecular complexity index is 577. The minimum absolute atomic E-state index is 0. The van der Waals surface area contributed by atoms with Crippen LogP contribution in [0.5, 0.6) is 0 Å². The summed E-state index contributed by atoms with van der Waals surface area (Å²) in [4.78, 5) is 14.3. The van der Waals surface area contributed by atoms with Gasteiger partial charge >= 0.3 is 0 Å². The summed E-state index contributed by atoms with van der Waals surface area (Å²) in [6.07, 6.45) is 0. The van der Waals surface area contributed by atoms with Crippen LogP contribution in [-0.2, 0) is 0 Å². The highest BCUT2D eigenvalue weighted by molar-refractivity contribution is 5.94. The smallest absolute Gasteiger partial charge is 0.253 e. The minimum atomic E-state index is 0. The van der Waals surface area contributed by atoms with Gasteiger partial charge in [0.25, 0.3) is 5.91 Å². The predicted molar refractivity (Wildman–Crippen MR) is 87.9 cm³/mol. The molecule has 2 aromatic rings. The first kappa shape index (κ1) is 15.5. The Morgan fingerprint density at radius 3 is 2.05 bits per heavy atom. The Balaban J connectivity index is 0.00000161. The first-order chi connectivity index (χ1) is 9.84. The Morgan fingerprint density at radius 2 is 1.43 bits per heavy atom. The van der Waals surface area contributed by atoms with E-state index in [1.165, 1.54) is 5.56 Å². The van der Waals surface area contributed by atoms with Crippen LogP contribution >= 0.6 is 12.4 Å². The zero-order valence-corrected chi connectivity index (χ0v) is 12.6. The summed E-state index contributed by atoms with van der Waals surface area (Å²) in [7, 11) is 0.